The number of fused-ring (bicyclic) bond motifs is 1. The Morgan fingerprint density at radius 3 is 2.58 bits per heavy atom. The number of amides is 1. The molecule has 178 valence electrons. The molecule has 0 radical (unpaired) electrons. The third-order valence-corrected chi connectivity index (χ3v) is 6.64. The van der Waals surface area contributed by atoms with Crippen molar-refractivity contribution in [2.75, 3.05) is 31.6 Å². The van der Waals surface area contributed by atoms with Crippen molar-refractivity contribution in [2.45, 2.75) is 52.1 Å². The summed E-state index contributed by atoms with van der Waals surface area (Å²) in [4.78, 5) is 26.7. The maximum absolute atomic E-state index is 15.2. The Hall–Kier alpha value is -2.90. The second-order valence-corrected chi connectivity index (χ2v) is 10.3. The van der Waals surface area contributed by atoms with Crippen LogP contribution >= 0.6 is 0 Å². The first-order chi connectivity index (χ1) is 15.5. The van der Waals surface area contributed by atoms with Gasteiger partial charge in [-0.25, -0.2) is 9.18 Å². The monoisotopic (exact) mass is 456 g/mol. The summed E-state index contributed by atoms with van der Waals surface area (Å²) >= 11 is 0. The van der Waals surface area contributed by atoms with Crippen molar-refractivity contribution in [2.24, 2.45) is 12.5 Å². The fourth-order valence-corrected chi connectivity index (χ4v) is 4.81. The van der Waals surface area contributed by atoms with Gasteiger partial charge in [0.25, 0.3) is 0 Å². The number of halogens is 1. The molecule has 0 atom stereocenters. The van der Waals surface area contributed by atoms with Gasteiger partial charge in [0, 0.05) is 51.1 Å². The van der Waals surface area contributed by atoms with E-state index in [1.165, 1.54) is 0 Å². The molecule has 33 heavy (non-hydrogen) atoms. The zero-order valence-electron chi connectivity index (χ0n) is 20.2. The highest BCUT2D eigenvalue weighted by atomic mass is 19.1. The number of carbonyl (C=O) groups is 2. The first kappa shape index (κ1) is 23.3. The largest absolute Gasteiger partial charge is 0.444 e. The van der Waals surface area contributed by atoms with Crippen LogP contribution in [0.5, 0.6) is 0 Å². The van der Waals surface area contributed by atoms with E-state index in [1.807, 2.05) is 45.8 Å². The summed E-state index contributed by atoms with van der Waals surface area (Å²) < 4.78 is 22.4. The van der Waals surface area contributed by atoms with Gasteiger partial charge in [-0.15, -0.1) is 0 Å². The number of piperidine rings is 1. The Bertz CT molecular complexity index is 1110. The first-order valence-corrected chi connectivity index (χ1v) is 11.5. The number of rotatable bonds is 5. The van der Waals surface area contributed by atoms with Gasteiger partial charge in [-0.2, -0.15) is 5.10 Å². The van der Waals surface area contributed by atoms with Crippen LogP contribution < -0.4 is 4.90 Å². The Labute approximate surface area is 194 Å². The maximum atomic E-state index is 15.2. The van der Waals surface area contributed by atoms with E-state index in [0.29, 0.717) is 37.4 Å². The van der Waals surface area contributed by atoms with Crippen molar-refractivity contribution >= 4 is 34.7 Å². The summed E-state index contributed by atoms with van der Waals surface area (Å²) in [6, 6.07) is 3.44. The third-order valence-electron chi connectivity index (χ3n) is 6.64. The van der Waals surface area contributed by atoms with Gasteiger partial charge in [0.05, 0.1) is 5.52 Å². The second-order valence-electron chi connectivity index (χ2n) is 10.3. The standard InChI is InChI=1S/C25H33FN4O3/c1-24(2,3)33-23(32)30-10-7-25(8-11-30)15-17(16-25)18-14-21-19(13-20(18)26)22(27-29(21)5)28(4)9-6-12-31/h12-15H,6-11,16H2,1-5H3. The average Bonchev–Trinajstić information content (AvgIpc) is 3.04. The Balaban J connectivity index is 1.50. The predicted octanol–water partition coefficient (Wildman–Crippen LogP) is 4.54. The van der Waals surface area contributed by atoms with E-state index in [0.717, 1.165) is 42.0 Å². The Morgan fingerprint density at radius 2 is 1.97 bits per heavy atom. The number of ether oxygens (including phenoxy) is 1. The normalized spacial score (nSPS) is 17.6. The van der Waals surface area contributed by atoms with Crippen LogP contribution in [-0.2, 0) is 16.6 Å². The fourth-order valence-electron chi connectivity index (χ4n) is 4.81. The molecule has 1 aliphatic heterocycles. The molecule has 1 aromatic heterocycles. The molecule has 2 aliphatic rings. The molecule has 1 aliphatic carbocycles. The lowest BCUT2D eigenvalue weighted by Crippen LogP contribution is -2.46. The predicted molar refractivity (Wildman–Crippen MR) is 127 cm³/mol. The minimum atomic E-state index is -0.499. The van der Waals surface area contributed by atoms with Crippen LogP contribution in [0.15, 0.2) is 18.2 Å². The van der Waals surface area contributed by atoms with Crippen molar-refractivity contribution < 1.29 is 18.7 Å². The number of aromatic nitrogens is 2. The highest BCUT2D eigenvalue weighted by Crippen LogP contribution is 2.51. The number of carbonyl (C=O) groups excluding carboxylic acids is 2. The van der Waals surface area contributed by atoms with Crippen molar-refractivity contribution in [1.82, 2.24) is 14.7 Å². The third kappa shape index (κ3) is 4.61. The Morgan fingerprint density at radius 1 is 1.30 bits per heavy atom. The summed E-state index contributed by atoms with van der Waals surface area (Å²) in [5.41, 5.74) is 2.02. The molecule has 1 saturated heterocycles. The maximum Gasteiger partial charge on any atom is 0.410 e. The fraction of sp³-hybridized carbons (Fsp3) is 0.560. The molecule has 0 unspecified atom stereocenters. The number of hydrogen-bond donors (Lipinski definition) is 0. The molecule has 4 rings (SSSR count). The van der Waals surface area contributed by atoms with Crippen molar-refractivity contribution in [3.8, 4) is 0 Å². The quantitative estimate of drug-likeness (QED) is 0.618. The van der Waals surface area contributed by atoms with Gasteiger partial charge in [0.1, 0.15) is 17.7 Å². The van der Waals surface area contributed by atoms with E-state index in [2.05, 4.69) is 11.2 Å². The smallest absolute Gasteiger partial charge is 0.410 e. The molecule has 0 bridgehead atoms. The van der Waals surface area contributed by atoms with Crippen molar-refractivity contribution in [3.05, 3.63) is 29.6 Å². The van der Waals surface area contributed by atoms with E-state index in [4.69, 9.17) is 4.74 Å². The molecule has 2 aromatic rings. The number of aryl methyl sites for hydroxylation is 1. The van der Waals surface area contributed by atoms with Crippen LogP contribution in [0, 0.1) is 11.2 Å². The van der Waals surface area contributed by atoms with Gasteiger partial charge in [0.15, 0.2) is 5.82 Å². The highest BCUT2D eigenvalue weighted by Gasteiger charge is 2.42. The summed E-state index contributed by atoms with van der Waals surface area (Å²) in [6.45, 7) is 7.45. The summed E-state index contributed by atoms with van der Waals surface area (Å²) in [7, 11) is 3.71. The molecule has 1 amide bonds. The molecule has 8 heteroatoms. The lowest BCUT2D eigenvalue weighted by molar-refractivity contribution is -0.107. The molecule has 0 saturated carbocycles. The first-order valence-electron chi connectivity index (χ1n) is 11.5. The van der Waals surface area contributed by atoms with Gasteiger partial charge in [-0.05, 0) is 63.2 Å². The molecule has 2 heterocycles. The van der Waals surface area contributed by atoms with E-state index in [1.54, 1.807) is 15.6 Å². The van der Waals surface area contributed by atoms with Crippen LogP contribution in [0.4, 0.5) is 15.0 Å². The Kier molecular flexibility index (Phi) is 5.97. The molecule has 7 nitrogen and oxygen atoms in total. The van der Waals surface area contributed by atoms with E-state index in [-0.39, 0.29) is 17.3 Å². The summed E-state index contributed by atoms with van der Waals surface area (Å²) in [6.07, 6.45) is 5.72. The number of nitrogens with zero attached hydrogens (tertiary/aromatic N) is 4. The van der Waals surface area contributed by atoms with Gasteiger partial charge < -0.3 is 19.3 Å². The van der Waals surface area contributed by atoms with E-state index < -0.39 is 5.60 Å². The lowest BCUT2D eigenvalue weighted by atomic mass is 9.64. The van der Waals surface area contributed by atoms with Gasteiger partial charge >= 0.3 is 6.09 Å². The molecule has 1 spiro atoms. The zero-order valence-corrected chi connectivity index (χ0v) is 20.2. The highest BCUT2D eigenvalue weighted by molar-refractivity contribution is 5.93. The lowest BCUT2D eigenvalue weighted by Gasteiger charge is -2.46. The van der Waals surface area contributed by atoms with Gasteiger partial charge in [-0.1, -0.05) is 6.08 Å². The number of hydrogen-bond acceptors (Lipinski definition) is 5. The van der Waals surface area contributed by atoms with Crippen LogP contribution in [0.25, 0.3) is 16.5 Å². The van der Waals surface area contributed by atoms with Crippen molar-refractivity contribution in [3.63, 3.8) is 0 Å². The van der Waals surface area contributed by atoms with Crippen LogP contribution in [-0.4, -0.2) is 59.3 Å². The summed E-state index contributed by atoms with van der Waals surface area (Å²) in [5, 5.41) is 5.30. The minimum absolute atomic E-state index is 0.0297. The molecule has 0 N–H and O–H groups in total. The molecule has 1 fully saturated rings. The second kappa shape index (κ2) is 8.47. The molecular weight excluding hydrogens is 423 g/mol. The van der Waals surface area contributed by atoms with Crippen LogP contribution in [0.1, 0.15) is 52.0 Å². The summed E-state index contributed by atoms with van der Waals surface area (Å²) in [5.74, 6) is 0.418. The number of anilines is 1. The zero-order chi connectivity index (χ0) is 24.0. The van der Waals surface area contributed by atoms with Gasteiger partial charge in [-0.3, -0.25) is 4.68 Å². The van der Waals surface area contributed by atoms with Gasteiger partial charge in [0.2, 0.25) is 0 Å². The number of likely N-dealkylation sites (tertiary alicyclic amines) is 1. The molecule has 1 aromatic carbocycles. The van der Waals surface area contributed by atoms with E-state index in [9.17, 15) is 9.59 Å². The number of benzene rings is 1. The molecular formula is C25H33FN4O3. The topological polar surface area (TPSA) is 67.7 Å². The van der Waals surface area contributed by atoms with Crippen molar-refractivity contribution in [1.29, 1.82) is 0 Å². The van der Waals surface area contributed by atoms with E-state index >= 15 is 4.39 Å². The average molecular weight is 457 g/mol. The number of allylic oxidation sites excluding steroid dienone is 2. The van der Waals surface area contributed by atoms with Crippen LogP contribution in [0.3, 0.4) is 0 Å². The SMILES string of the molecule is CN(CCC=O)c1nn(C)c2cc(C3=CC4(CCN(C(=O)OC(C)(C)C)CC4)C3)c(F)cc12. The van der Waals surface area contributed by atoms with Crippen LogP contribution in [0.2, 0.25) is 0 Å². The minimum Gasteiger partial charge on any atom is -0.444 e. The number of aldehydes is 1.